The zero-order valence-corrected chi connectivity index (χ0v) is 10.0. The minimum Gasteiger partial charge on any atom is -0.383 e. The Morgan fingerprint density at radius 1 is 1.50 bits per heavy atom. The summed E-state index contributed by atoms with van der Waals surface area (Å²) >= 11 is 0. The maximum atomic E-state index is 13.8. The molecule has 2 rings (SSSR count). The van der Waals surface area contributed by atoms with Gasteiger partial charge in [0.05, 0.1) is 16.6 Å². The predicted octanol–water partition coefficient (Wildman–Crippen LogP) is 0.283. The fourth-order valence-corrected chi connectivity index (χ4v) is 1.89. The summed E-state index contributed by atoms with van der Waals surface area (Å²) in [6.45, 7) is 3.98. The molecule has 18 heavy (non-hydrogen) atoms. The molecule has 0 fully saturated rings. The molecule has 0 amide bonds. The number of anilines is 1. The number of aromatic amines is 1. The average Bonchev–Trinajstić information content (AvgIpc) is 2.34. The van der Waals surface area contributed by atoms with Crippen LogP contribution in [0.3, 0.4) is 0 Å². The number of halogens is 1. The van der Waals surface area contributed by atoms with E-state index in [9.17, 15) is 14.0 Å². The number of nitrogens with zero attached hydrogens (tertiary/aromatic N) is 1. The zero-order valence-electron chi connectivity index (χ0n) is 10.0. The molecule has 1 aromatic heterocycles. The highest BCUT2D eigenvalue weighted by Gasteiger charge is 2.14. The molecule has 0 aliphatic carbocycles. The van der Waals surface area contributed by atoms with Crippen LogP contribution in [-0.4, -0.2) is 16.2 Å². The van der Waals surface area contributed by atoms with Gasteiger partial charge in [0.2, 0.25) is 0 Å². The molecule has 0 spiro atoms. The number of nitrogen functional groups attached to an aromatic ring is 1. The lowest BCUT2D eigenvalue weighted by molar-refractivity contribution is 0.630. The predicted molar refractivity (Wildman–Crippen MR) is 67.8 cm³/mol. The average molecular weight is 252 g/mol. The summed E-state index contributed by atoms with van der Waals surface area (Å²) in [6.07, 6.45) is 0. The molecule has 96 valence electrons. The molecule has 0 saturated heterocycles. The van der Waals surface area contributed by atoms with E-state index in [0.29, 0.717) is 22.3 Å². The van der Waals surface area contributed by atoms with Crippen LogP contribution in [0.15, 0.2) is 15.7 Å². The topological polar surface area (TPSA) is 92.9 Å². The van der Waals surface area contributed by atoms with Gasteiger partial charge in [-0.15, -0.1) is 0 Å². The van der Waals surface area contributed by atoms with Crippen molar-refractivity contribution in [2.45, 2.75) is 13.8 Å². The highest BCUT2D eigenvalue weighted by molar-refractivity contribution is 5.86. The van der Waals surface area contributed by atoms with Gasteiger partial charge in [0.25, 0.3) is 5.56 Å². The quantitative estimate of drug-likeness (QED) is 0.669. The second-order valence-electron chi connectivity index (χ2n) is 3.92. The molecule has 6 nitrogen and oxygen atoms in total. The Morgan fingerprint density at radius 3 is 2.78 bits per heavy atom. The van der Waals surface area contributed by atoms with E-state index >= 15 is 0 Å². The Morgan fingerprint density at radius 2 is 2.17 bits per heavy atom. The van der Waals surface area contributed by atoms with Gasteiger partial charge in [-0.3, -0.25) is 4.79 Å². The van der Waals surface area contributed by atoms with Gasteiger partial charge in [-0.1, -0.05) is 0 Å². The Labute approximate surface area is 101 Å². The number of hydrogen-bond acceptors (Lipinski definition) is 4. The molecule has 0 unspecified atom stereocenters. The summed E-state index contributed by atoms with van der Waals surface area (Å²) in [4.78, 5) is 25.7. The normalized spacial score (nSPS) is 10.8. The van der Waals surface area contributed by atoms with E-state index in [0.717, 1.165) is 6.07 Å². The summed E-state index contributed by atoms with van der Waals surface area (Å²) in [6, 6.07) is 1.07. The van der Waals surface area contributed by atoms with E-state index in [4.69, 9.17) is 5.84 Å². The smallest absolute Gasteiger partial charge is 0.347 e. The van der Waals surface area contributed by atoms with Gasteiger partial charge < -0.3 is 16.1 Å². The fraction of sp³-hybridized carbons (Fsp3) is 0.273. The minimum absolute atomic E-state index is 0.0498. The number of nitrogens with two attached hydrogens (primary N) is 1. The molecule has 0 bridgehead atoms. The van der Waals surface area contributed by atoms with E-state index in [1.165, 1.54) is 0 Å². The first kappa shape index (κ1) is 12.2. The van der Waals surface area contributed by atoms with Crippen LogP contribution < -0.4 is 22.4 Å². The van der Waals surface area contributed by atoms with Gasteiger partial charge in [-0.25, -0.2) is 9.18 Å². The highest BCUT2D eigenvalue weighted by atomic mass is 19.1. The summed E-state index contributed by atoms with van der Waals surface area (Å²) in [7, 11) is 0. The van der Waals surface area contributed by atoms with Crippen LogP contribution >= 0.6 is 0 Å². The number of aromatic nitrogens is 2. The standard InChI is InChI=1S/C11H13FN4O2/c1-3-14-9-5(2)8-6(4-7(9)12)10(17)16(13)11(18)15-8/h4,14H,3,13H2,1-2H3,(H,15,18). The monoisotopic (exact) mass is 252 g/mol. The molecule has 4 N–H and O–H groups in total. The minimum atomic E-state index is -0.732. The lowest BCUT2D eigenvalue weighted by Crippen LogP contribution is -2.40. The van der Waals surface area contributed by atoms with Crippen molar-refractivity contribution in [3.8, 4) is 0 Å². The maximum Gasteiger partial charge on any atom is 0.347 e. The number of benzene rings is 1. The molecule has 0 saturated carbocycles. The first-order chi connectivity index (χ1) is 8.47. The third-order valence-electron chi connectivity index (χ3n) is 2.78. The number of rotatable bonds is 2. The highest BCUT2D eigenvalue weighted by Crippen LogP contribution is 2.24. The number of hydrogen-bond donors (Lipinski definition) is 3. The maximum absolute atomic E-state index is 13.8. The van der Waals surface area contributed by atoms with Crippen molar-refractivity contribution in [1.29, 1.82) is 0 Å². The van der Waals surface area contributed by atoms with Crippen molar-refractivity contribution in [3.05, 3.63) is 38.3 Å². The van der Waals surface area contributed by atoms with E-state index < -0.39 is 17.1 Å². The molecule has 0 radical (unpaired) electrons. The van der Waals surface area contributed by atoms with Crippen LogP contribution in [0.5, 0.6) is 0 Å². The van der Waals surface area contributed by atoms with Gasteiger partial charge in [-0.05, 0) is 25.5 Å². The van der Waals surface area contributed by atoms with Gasteiger partial charge in [0, 0.05) is 6.54 Å². The molecule has 0 aliphatic heterocycles. The number of fused-ring (bicyclic) bond motifs is 1. The molecule has 2 aromatic rings. The first-order valence-electron chi connectivity index (χ1n) is 5.44. The number of nitrogens with one attached hydrogen (secondary N) is 2. The Kier molecular flexibility index (Phi) is 2.82. The van der Waals surface area contributed by atoms with Crippen LogP contribution in [0.2, 0.25) is 0 Å². The third-order valence-corrected chi connectivity index (χ3v) is 2.78. The van der Waals surface area contributed by atoms with Gasteiger partial charge in [-0.2, -0.15) is 4.68 Å². The molecule has 0 aliphatic rings. The fourth-order valence-electron chi connectivity index (χ4n) is 1.89. The van der Waals surface area contributed by atoms with Crippen molar-refractivity contribution in [2.24, 2.45) is 0 Å². The largest absolute Gasteiger partial charge is 0.383 e. The van der Waals surface area contributed by atoms with Gasteiger partial charge >= 0.3 is 5.69 Å². The number of aryl methyl sites for hydroxylation is 1. The van der Waals surface area contributed by atoms with E-state index in [1.54, 1.807) is 6.92 Å². The van der Waals surface area contributed by atoms with Crippen LogP contribution in [0.25, 0.3) is 10.9 Å². The Bertz CT molecular complexity index is 732. The van der Waals surface area contributed by atoms with E-state index in [-0.39, 0.29) is 11.1 Å². The molecule has 0 atom stereocenters. The second kappa shape index (κ2) is 4.17. The van der Waals surface area contributed by atoms with Crippen molar-refractivity contribution >= 4 is 16.6 Å². The van der Waals surface area contributed by atoms with Crippen LogP contribution in [0.4, 0.5) is 10.1 Å². The van der Waals surface area contributed by atoms with Crippen LogP contribution in [0, 0.1) is 12.7 Å². The lowest BCUT2D eigenvalue weighted by atomic mass is 10.1. The summed E-state index contributed by atoms with van der Waals surface area (Å²) in [5.41, 5.74) is -0.413. The number of H-pyrrole nitrogens is 1. The summed E-state index contributed by atoms with van der Waals surface area (Å²) in [5.74, 6) is 4.72. The van der Waals surface area contributed by atoms with E-state index in [2.05, 4.69) is 10.3 Å². The van der Waals surface area contributed by atoms with Crippen molar-refractivity contribution in [3.63, 3.8) is 0 Å². The Hall–Kier alpha value is -2.31. The SMILES string of the molecule is CCNc1c(F)cc2c(=O)n(N)c(=O)[nH]c2c1C. The van der Waals surface area contributed by atoms with E-state index in [1.807, 2.05) is 6.92 Å². The van der Waals surface area contributed by atoms with Crippen molar-refractivity contribution in [1.82, 2.24) is 9.66 Å². The molecule has 1 aromatic carbocycles. The Balaban J connectivity index is 2.96. The molecular weight excluding hydrogens is 239 g/mol. The first-order valence-corrected chi connectivity index (χ1v) is 5.44. The van der Waals surface area contributed by atoms with Crippen LogP contribution in [0.1, 0.15) is 12.5 Å². The molecule has 1 heterocycles. The van der Waals surface area contributed by atoms with Crippen molar-refractivity contribution < 1.29 is 4.39 Å². The second-order valence-corrected chi connectivity index (χ2v) is 3.92. The lowest BCUT2D eigenvalue weighted by Gasteiger charge is -2.11. The third kappa shape index (κ3) is 1.64. The summed E-state index contributed by atoms with van der Waals surface area (Å²) < 4.78 is 14.3. The van der Waals surface area contributed by atoms with Gasteiger partial charge in [0.15, 0.2) is 0 Å². The molecule has 7 heteroatoms. The summed E-state index contributed by atoms with van der Waals surface area (Å²) in [5, 5.41) is 2.90. The zero-order chi connectivity index (χ0) is 13.4. The van der Waals surface area contributed by atoms with Gasteiger partial charge in [0.1, 0.15) is 5.82 Å². The molecular formula is C11H13FN4O2. The van der Waals surface area contributed by atoms with Crippen molar-refractivity contribution in [2.75, 3.05) is 17.7 Å². The van der Waals surface area contributed by atoms with Crippen LogP contribution in [-0.2, 0) is 0 Å².